The summed E-state index contributed by atoms with van der Waals surface area (Å²) in [4.78, 5) is 4.08. The largest absolute Gasteiger partial charge is 0.370 e. The first kappa shape index (κ1) is 17.4. The van der Waals surface area contributed by atoms with E-state index in [-0.39, 0.29) is 36.5 Å². The number of nitrogens with two attached hydrogens (primary N) is 1. The molecular formula is C15H16F2IN3. The summed E-state index contributed by atoms with van der Waals surface area (Å²) in [5.41, 5.74) is 6.83. The van der Waals surface area contributed by atoms with E-state index in [0.29, 0.717) is 12.0 Å². The lowest BCUT2D eigenvalue weighted by atomic mass is 10.1. The molecule has 0 heterocycles. The fraction of sp³-hybridized carbons (Fsp3) is 0.133. The van der Waals surface area contributed by atoms with Crippen molar-refractivity contribution in [2.75, 3.05) is 11.9 Å². The molecule has 0 atom stereocenters. The number of para-hydroxylation sites is 1. The van der Waals surface area contributed by atoms with E-state index in [2.05, 4.69) is 10.3 Å². The van der Waals surface area contributed by atoms with Crippen LogP contribution in [0.5, 0.6) is 0 Å². The monoisotopic (exact) mass is 403 g/mol. The molecule has 0 saturated carbocycles. The van der Waals surface area contributed by atoms with Crippen molar-refractivity contribution in [3.05, 3.63) is 65.7 Å². The molecule has 0 fully saturated rings. The number of nitrogens with zero attached hydrogens (tertiary/aromatic N) is 1. The van der Waals surface area contributed by atoms with Crippen LogP contribution in [0.15, 0.2) is 53.5 Å². The zero-order chi connectivity index (χ0) is 14.4. The van der Waals surface area contributed by atoms with Crippen LogP contribution in [0, 0.1) is 11.6 Å². The third-order valence-corrected chi connectivity index (χ3v) is 2.72. The van der Waals surface area contributed by atoms with Crippen LogP contribution in [0.25, 0.3) is 0 Å². The van der Waals surface area contributed by atoms with Gasteiger partial charge in [0.25, 0.3) is 0 Å². The van der Waals surface area contributed by atoms with E-state index >= 15 is 0 Å². The normalized spacial score (nSPS) is 10.9. The molecule has 2 aromatic carbocycles. The first-order valence-corrected chi connectivity index (χ1v) is 6.21. The summed E-state index contributed by atoms with van der Waals surface area (Å²) in [6.45, 7) is 0.284. The van der Waals surface area contributed by atoms with Crippen LogP contribution in [0.1, 0.15) is 5.56 Å². The average molecular weight is 403 g/mol. The SMILES string of the molecule is I.NC(=NCCc1cc(F)ccc1F)Nc1ccccc1. The predicted octanol–water partition coefficient (Wildman–Crippen LogP) is 3.55. The molecule has 0 saturated heterocycles. The van der Waals surface area contributed by atoms with E-state index in [1.807, 2.05) is 30.3 Å². The third kappa shape index (κ3) is 5.66. The van der Waals surface area contributed by atoms with E-state index in [1.54, 1.807) is 0 Å². The third-order valence-electron chi connectivity index (χ3n) is 2.72. The van der Waals surface area contributed by atoms with Crippen LogP contribution in [-0.4, -0.2) is 12.5 Å². The molecule has 0 aromatic heterocycles. The van der Waals surface area contributed by atoms with Crippen LogP contribution in [0.4, 0.5) is 14.5 Å². The van der Waals surface area contributed by atoms with Crippen molar-refractivity contribution >= 4 is 35.6 Å². The molecule has 0 unspecified atom stereocenters. The van der Waals surface area contributed by atoms with Crippen LogP contribution in [0.3, 0.4) is 0 Å². The zero-order valence-corrected chi connectivity index (χ0v) is 13.6. The van der Waals surface area contributed by atoms with Gasteiger partial charge in [-0.1, -0.05) is 18.2 Å². The number of hydrogen-bond acceptors (Lipinski definition) is 1. The van der Waals surface area contributed by atoms with E-state index < -0.39 is 11.6 Å². The quantitative estimate of drug-likeness (QED) is 0.466. The molecule has 0 aliphatic rings. The number of rotatable bonds is 4. The summed E-state index contributed by atoms with van der Waals surface area (Å²) in [5.74, 6) is -0.648. The Hall–Kier alpha value is -1.70. The van der Waals surface area contributed by atoms with Crippen molar-refractivity contribution in [1.29, 1.82) is 0 Å². The second-order valence-corrected chi connectivity index (χ2v) is 4.24. The number of anilines is 1. The van der Waals surface area contributed by atoms with E-state index in [4.69, 9.17) is 5.73 Å². The Morgan fingerprint density at radius 3 is 2.52 bits per heavy atom. The number of guanidine groups is 1. The van der Waals surface area contributed by atoms with Crippen LogP contribution in [0.2, 0.25) is 0 Å². The van der Waals surface area contributed by atoms with Gasteiger partial charge >= 0.3 is 0 Å². The minimum absolute atomic E-state index is 0. The van der Waals surface area contributed by atoms with Crippen molar-refractivity contribution in [1.82, 2.24) is 0 Å². The van der Waals surface area contributed by atoms with Gasteiger partial charge in [-0.2, -0.15) is 0 Å². The Balaban J connectivity index is 0.00000220. The number of benzene rings is 2. The highest BCUT2D eigenvalue weighted by Crippen LogP contribution is 2.10. The van der Waals surface area contributed by atoms with Gasteiger partial charge in [0.2, 0.25) is 0 Å². The van der Waals surface area contributed by atoms with Crippen LogP contribution < -0.4 is 11.1 Å². The smallest absolute Gasteiger partial charge is 0.193 e. The van der Waals surface area contributed by atoms with Crippen LogP contribution in [-0.2, 0) is 6.42 Å². The van der Waals surface area contributed by atoms with Gasteiger partial charge in [0.1, 0.15) is 11.6 Å². The number of aliphatic imine (C=N–C) groups is 1. The van der Waals surface area contributed by atoms with Gasteiger partial charge in [0, 0.05) is 12.2 Å². The predicted molar refractivity (Wildman–Crippen MR) is 92.0 cm³/mol. The molecule has 3 nitrogen and oxygen atoms in total. The van der Waals surface area contributed by atoms with Gasteiger partial charge < -0.3 is 11.1 Å². The lowest BCUT2D eigenvalue weighted by Gasteiger charge is -2.05. The molecule has 0 aliphatic carbocycles. The molecular weight excluding hydrogens is 387 g/mol. The summed E-state index contributed by atoms with van der Waals surface area (Å²) in [6.07, 6.45) is 0.292. The summed E-state index contributed by atoms with van der Waals surface area (Å²) >= 11 is 0. The van der Waals surface area contributed by atoms with E-state index in [1.165, 1.54) is 6.07 Å². The van der Waals surface area contributed by atoms with Gasteiger partial charge in [-0.3, -0.25) is 4.99 Å². The van der Waals surface area contributed by atoms with Crippen molar-refractivity contribution in [2.45, 2.75) is 6.42 Å². The minimum Gasteiger partial charge on any atom is -0.370 e. The molecule has 0 spiro atoms. The Morgan fingerprint density at radius 2 is 1.81 bits per heavy atom. The molecule has 112 valence electrons. The van der Waals surface area contributed by atoms with Crippen LogP contribution >= 0.6 is 24.0 Å². The van der Waals surface area contributed by atoms with E-state index in [0.717, 1.165) is 17.8 Å². The molecule has 2 aromatic rings. The van der Waals surface area contributed by atoms with Gasteiger partial charge in [-0.05, 0) is 42.3 Å². The Kier molecular flexibility index (Phi) is 7.07. The lowest BCUT2D eigenvalue weighted by Crippen LogP contribution is -2.23. The molecule has 0 radical (unpaired) electrons. The minimum atomic E-state index is -0.458. The van der Waals surface area contributed by atoms with Gasteiger partial charge in [-0.15, -0.1) is 24.0 Å². The van der Waals surface area contributed by atoms with Crippen molar-refractivity contribution in [2.24, 2.45) is 10.7 Å². The molecule has 21 heavy (non-hydrogen) atoms. The van der Waals surface area contributed by atoms with Gasteiger partial charge in [0.05, 0.1) is 0 Å². The lowest BCUT2D eigenvalue weighted by molar-refractivity contribution is 0.585. The molecule has 0 aliphatic heterocycles. The highest BCUT2D eigenvalue weighted by atomic mass is 127. The number of nitrogens with one attached hydrogen (secondary N) is 1. The zero-order valence-electron chi connectivity index (χ0n) is 11.2. The van der Waals surface area contributed by atoms with Gasteiger partial charge in [0.15, 0.2) is 5.96 Å². The highest BCUT2D eigenvalue weighted by Gasteiger charge is 2.03. The topological polar surface area (TPSA) is 50.4 Å². The maximum atomic E-state index is 13.4. The molecule has 6 heteroatoms. The summed E-state index contributed by atoms with van der Waals surface area (Å²) < 4.78 is 26.4. The second-order valence-electron chi connectivity index (χ2n) is 4.24. The maximum absolute atomic E-state index is 13.4. The molecule has 3 N–H and O–H groups in total. The molecule has 0 bridgehead atoms. The summed E-state index contributed by atoms with van der Waals surface area (Å²) in [6, 6.07) is 12.7. The van der Waals surface area contributed by atoms with Crippen molar-refractivity contribution in [3.8, 4) is 0 Å². The Morgan fingerprint density at radius 1 is 1.10 bits per heavy atom. The first-order valence-electron chi connectivity index (χ1n) is 6.21. The molecule has 2 rings (SSSR count). The Bertz CT molecular complexity index is 603. The fourth-order valence-corrected chi connectivity index (χ4v) is 1.74. The standard InChI is InChI=1S/C15H15F2N3.HI/c16-12-6-7-14(17)11(10-12)8-9-19-15(18)20-13-4-2-1-3-5-13;/h1-7,10H,8-9H2,(H3,18,19,20);1H. The van der Waals surface area contributed by atoms with Gasteiger partial charge in [-0.25, -0.2) is 8.78 Å². The highest BCUT2D eigenvalue weighted by molar-refractivity contribution is 14.0. The number of halogens is 3. The summed E-state index contributed by atoms with van der Waals surface area (Å²) in [7, 11) is 0. The maximum Gasteiger partial charge on any atom is 0.193 e. The van der Waals surface area contributed by atoms with Crippen molar-refractivity contribution < 1.29 is 8.78 Å². The van der Waals surface area contributed by atoms with E-state index in [9.17, 15) is 8.78 Å². The fourth-order valence-electron chi connectivity index (χ4n) is 1.74. The number of hydrogen-bond donors (Lipinski definition) is 2. The Labute approximate surface area is 139 Å². The first-order chi connectivity index (χ1) is 9.65. The second kappa shape index (κ2) is 8.56. The summed E-state index contributed by atoms with van der Waals surface area (Å²) in [5, 5.41) is 2.91. The molecule has 0 amide bonds. The average Bonchev–Trinajstić information content (AvgIpc) is 2.44. The van der Waals surface area contributed by atoms with Crippen molar-refractivity contribution in [3.63, 3.8) is 0 Å².